The highest BCUT2D eigenvalue weighted by Crippen LogP contribution is 2.11. The number of amides is 2. The number of aromatic amines is 1. The molecule has 2 amide bonds. The lowest BCUT2D eigenvalue weighted by Gasteiger charge is -2.17. The van der Waals surface area contributed by atoms with E-state index in [1.807, 2.05) is 6.92 Å². The second kappa shape index (κ2) is 5.44. The van der Waals surface area contributed by atoms with Crippen molar-refractivity contribution < 1.29 is 9.59 Å². The number of hydrazone groups is 1. The van der Waals surface area contributed by atoms with Crippen molar-refractivity contribution in [3.8, 4) is 0 Å². The van der Waals surface area contributed by atoms with E-state index in [0.29, 0.717) is 24.4 Å². The number of rotatable bonds is 4. The molecule has 1 aliphatic rings. The molecule has 7 heteroatoms. The summed E-state index contributed by atoms with van der Waals surface area (Å²) in [7, 11) is 0. The molecule has 3 N–H and O–H groups in total. The van der Waals surface area contributed by atoms with E-state index in [4.69, 9.17) is 0 Å². The number of hydrogen-bond donors (Lipinski definition) is 3. The number of nitrogens with zero attached hydrogens (tertiary/aromatic N) is 2. The van der Waals surface area contributed by atoms with E-state index in [9.17, 15) is 9.59 Å². The molecule has 2 rings (SSSR count). The number of carbonyl (C=O) groups is 2. The number of carbonyl (C=O) groups excluding carboxylic acids is 2. The van der Waals surface area contributed by atoms with Crippen LogP contribution >= 0.6 is 0 Å². The summed E-state index contributed by atoms with van der Waals surface area (Å²) in [6.07, 6.45) is 4.74. The van der Waals surface area contributed by atoms with Crippen molar-refractivity contribution in [3.05, 3.63) is 18.2 Å². The minimum absolute atomic E-state index is 0.162. The number of imidazole rings is 1. The molecule has 0 fully saturated rings. The van der Waals surface area contributed by atoms with Crippen LogP contribution < -0.4 is 10.7 Å². The first-order valence-electron chi connectivity index (χ1n) is 5.86. The summed E-state index contributed by atoms with van der Waals surface area (Å²) in [5.74, 6) is 0.286. The minimum Gasteiger partial charge on any atom is -0.347 e. The van der Waals surface area contributed by atoms with Gasteiger partial charge in [0.2, 0.25) is 5.91 Å². The first-order valence-corrected chi connectivity index (χ1v) is 5.86. The van der Waals surface area contributed by atoms with Crippen molar-refractivity contribution in [1.82, 2.24) is 20.7 Å². The topological polar surface area (TPSA) is 99.2 Å². The molecule has 96 valence electrons. The van der Waals surface area contributed by atoms with Gasteiger partial charge in [-0.05, 0) is 6.42 Å². The highest BCUT2D eigenvalue weighted by atomic mass is 16.2. The molecule has 1 atom stereocenters. The van der Waals surface area contributed by atoms with Crippen LogP contribution in [0.1, 0.15) is 38.1 Å². The second-order valence-electron chi connectivity index (χ2n) is 4.00. The summed E-state index contributed by atoms with van der Waals surface area (Å²) in [5.41, 5.74) is 2.65. The first-order chi connectivity index (χ1) is 8.70. The van der Waals surface area contributed by atoms with Crippen LogP contribution in [0.25, 0.3) is 0 Å². The molecule has 1 aliphatic heterocycles. The predicted molar refractivity (Wildman–Crippen MR) is 64.6 cm³/mol. The Morgan fingerprint density at radius 2 is 2.39 bits per heavy atom. The fourth-order valence-corrected chi connectivity index (χ4v) is 1.71. The summed E-state index contributed by atoms with van der Waals surface area (Å²) in [6.45, 7) is 1.96. The van der Waals surface area contributed by atoms with Gasteiger partial charge < -0.3 is 10.3 Å². The molecule has 1 aromatic rings. The fraction of sp³-hybridized carbons (Fsp3) is 0.455. The Morgan fingerprint density at radius 3 is 2.94 bits per heavy atom. The summed E-state index contributed by atoms with van der Waals surface area (Å²) in [6, 6.07) is -0.173. The van der Waals surface area contributed by atoms with Crippen molar-refractivity contribution in [2.75, 3.05) is 0 Å². The lowest BCUT2D eigenvalue weighted by atomic mass is 10.1. The molecule has 18 heavy (non-hydrogen) atoms. The summed E-state index contributed by atoms with van der Waals surface area (Å²) in [4.78, 5) is 30.0. The van der Waals surface area contributed by atoms with Crippen molar-refractivity contribution in [2.45, 2.75) is 32.2 Å². The van der Waals surface area contributed by atoms with Gasteiger partial charge in [-0.25, -0.2) is 10.4 Å². The van der Waals surface area contributed by atoms with Crippen LogP contribution in [0.4, 0.5) is 0 Å². The molecule has 0 saturated carbocycles. The molecule has 0 radical (unpaired) electrons. The average Bonchev–Trinajstić information content (AvgIpc) is 2.90. The highest BCUT2D eigenvalue weighted by molar-refractivity contribution is 6.39. The monoisotopic (exact) mass is 249 g/mol. The van der Waals surface area contributed by atoms with Gasteiger partial charge in [0.1, 0.15) is 11.5 Å². The van der Waals surface area contributed by atoms with Gasteiger partial charge in [-0.3, -0.25) is 9.59 Å². The molecule has 0 bridgehead atoms. The van der Waals surface area contributed by atoms with E-state index >= 15 is 0 Å². The maximum Gasteiger partial charge on any atom is 0.268 e. The maximum absolute atomic E-state index is 11.9. The Balaban J connectivity index is 2.00. The van der Waals surface area contributed by atoms with E-state index in [2.05, 4.69) is 25.8 Å². The van der Waals surface area contributed by atoms with E-state index in [1.54, 1.807) is 12.4 Å². The van der Waals surface area contributed by atoms with Crippen LogP contribution in [0, 0.1) is 0 Å². The number of aromatic nitrogens is 2. The Hall–Kier alpha value is -2.18. The van der Waals surface area contributed by atoms with Crippen LogP contribution in [0.5, 0.6) is 0 Å². The van der Waals surface area contributed by atoms with Gasteiger partial charge in [-0.2, -0.15) is 5.10 Å². The van der Waals surface area contributed by atoms with E-state index in [-0.39, 0.29) is 17.9 Å². The summed E-state index contributed by atoms with van der Waals surface area (Å²) >= 11 is 0. The third-order valence-electron chi connectivity index (χ3n) is 2.73. The number of H-pyrrole nitrogens is 1. The highest BCUT2D eigenvalue weighted by Gasteiger charge is 2.21. The zero-order chi connectivity index (χ0) is 13.0. The molecular weight excluding hydrogens is 234 g/mol. The zero-order valence-electron chi connectivity index (χ0n) is 10.1. The van der Waals surface area contributed by atoms with E-state index in [0.717, 1.165) is 6.42 Å². The molecule has 0 spiro atoms. The molecule has 2 heterocycles. The number of nitrogens with one attached hydrogen (secondary N) is 3. The van der Waals surface area contributed by atoms with Crippen molar-refractivity contribution in [3.63, 3.8) is 0 Å². The summed E-state index contributed by atoms with van der Waals surface area (Å²) < 4.78 is 0. The molecule has 0 aromatic carbocycles. The van der Waals surface area contributed by atoms with Crippen molar-refractivity contribution >= 4 is 17.5 Å². The molecular formula is C11H15N5O2. The van der Waals surface area contributed by atoms with E-state index < -0.39 is 0 Å². The molecule has 7 nitrogen and oxygen atoms in total. The van der Waals surface area contributed by atoms with Gasteiger partial charge in [0, 0.05) is 25.2 Å². The van der Waals surface area contributed by atoms with Crippen LogP contribution in [0.15, 0.2) is 17.5 Å². The van der Waals surface area contributed by atoms with Gasteiger partial charge in [0.15, 0.2) is 0 Å². The lowest BCUT2D eigenvalue weighted by molar-refractivity contribution is -0.121. The Kier molecular flexibility index (Phi) is 3.71. The molecule has 0 aliphatic carbocycles. The lowest BCUT2D eigenvalue weighted by Crippen LogP contribution is -2.38. The van der Waals surface area contributed by atoms with Gasteiger partial charge in [-0.1, -0.05) is 6.92 Å². The van der Waals surface area contributed by atoms with Crippen LogP contribution in [0.3, 0.4) is 0 Å². The standard InChI is InChI=1S/C11H15N5O2/c1-2-7(10-12-5-6-13-10)14-11(18)8-3-4-9(17)16-15-8/h5-7H,2-4H2,1H3,(H,12,13)(H,14,18)(H,16,17). The van der Waals surface area contributed by atoms with E-state index in [1.165, 1.54) is 0 Å². The van der Waals surface area contributed by atoms with Gasteiger partial charge in [0.25, 0.3) is 5.91 Å². The third-order valence-corrected chi connectivity index (χ3v) is 2.73. The van der Waals surface area contributed by atoms with Gasteiger partial charge in [0.05, 0.1) is 6.04 Å². The van der Waals surface area contributed by atoms with Crippen LogP contribution in [0.2, 0.25) is 0 Å². The first kappa shape index (κ1) is 12.3. The maximum atomic E-state index is 11.9. The Morgan fingerprint density at radius 1 is 1.56 bits per heavy atom. The van der Waals surface area contributed by atoms with Crippen LogP contribution in [-0.4, -0.2) is 27.5 Å². The summed E-state index contributed by atoms with van der Waals surface area (Å²) in [5, 5.41) is 6.59. The van der Waals surface area contributed by atoms with Crippen LogP contribution in [-0.2, 0) is 9.59 Å². The third kappa shape index (κ3) is 2.73. The normalized spacial score (nSPS) is 16.7. The quantitative estimate of drug-likeness (QED) is 0.712. The predicted octanol–water partition coefficient (Wildman–Crippen LogP) is 0.243. The minimum atomic E-state index is -0.266. The molecule has 1 aromatic heterocycles. The Bertz CT molecular complexity index is 466. The largest absolute Gasteiger partial charge is 0.347 e. The van der Waals surface area contributed by atoms with Gasteiger partial charge in [-0.15, -0.1) is 0 Å². The molecule has 1 unspecified atom stereocenters. The van der Waals surface area contributed by atoms with Crippen molar-refractivity contribution in [1.29, 1.82) is 0 Å². The SMILES string of the molecule is CCC(NC(=O)C1=NNC(=O)CC1)c1ncc[nH]1. The van der Waals surface area contributed by atoms with Gasteiger partial charge >= 0.3 is 0 Å². The Labute approximate surface area is 104 Å². The number of hydrogen-bond acceptors (Lipinski definition) is 4. The fourth-order valence-electron chi connectivity index (χ4n) is 1.71. The average molecular weight is 249 g/mol. The second-order valence-corrected chi connectivity index (χ2v) is 4.00. The smallest absolute Gasteiger partial charge is 0.268 e. The zero-order valence-corrected chi connectivity index (χ0v) is 10.1. The molecule has 0 saturated heterocycles. The van der Waals surface area contributed by atoms with Crippen molar-refractivity contribution in [2.24, 2.45) is 5.10 Å².